The van der Waals surface area contributed by atoms with E-state index in [4.69, 9.17) is 4.74 Å². The average Bonchev–Trinajstić information content (AvgIpc) is 3.16. The molecule has 0 unspecified atom stereocenters. The van der Waals surface area contributed by atoms with Crippen LogP contribution in [-0.4, -0.2) is 27.0 Å². The number of benzene rings is 1. The Bertz CT molecular complexity index is 805. The summed E-state index contributed by atoms with van der Waals surface area (Å²) in [6.45, 7) is 0. The van der Waals surface area contributed by atoms with Gasteiger partial charge in [0.25, 0.3) is 0 Å². The Labute approximate surface area is 131 Å². The lowest BCUT2D eigenvalue weighted by atomic mass is 10.2. The molecule has 1 aliphatic rings. The Hall–Kier alpha value is -2.54. The second-order valence-corrected chi connectivity index (χ2v) is 5.82. The summed E-state index contributed by atoms with van der Waals surface area (Å²) in [5, 5.41) is 9.35. The zero-order chi connectivity index (χ0) is 14.9. The third kappa shape index (κ3) is 2.10. The average molecular weight is 311 g/mol. The minimum atomic E-state index is 0.0390. The molecule has 22 heavy (non-hydrogen) atoms. The number of rotatable bonds is 3. The van der Waals surface area contributed by atoms with Gasteiger partial charge in [0.2, 0.25) is 5.16 Å². The van der Waals surface area contributed by atoms with Crippen molar-refractivity contribution in [1.82, 2.24) is 19.9 Å². The van der Waals surface area contributed by atoms with Crippen molar-refractivity contribution in [2.75, 3.05) is 12.5 Å². The van der Waals surface area contributed by atoms with Crippen molar-refractivity contribution in [1.29, 1.82) is 0 Å². The van der Waals surface area contributed by atoms with Gasteiger partial charge < -0.3 is 10.2 Å². The van der Waals surface area contributed by atoms with E-state index < -0.39 is 0 Å². The van der Waals surface area contributed by atoms with E-state index in [0.29, 0.717) is 0 Å². The lowest BCUT2D eigenvalue weighted by Gasteiger charge is -2.15. The summed E-state index contributed by atoms with van der Waals surface area (Å²) in [7, 11) is 1.68. The molecule has 6 nitrogen and oxygen atoms in total. The first-order valence-electron chi connectivity index (χ1n) is 6.79. The topological polar surface area (TPSA) is 64.9 Å². The Kier molecular flexibility index (Phi) is 3.19. The van der Waals surface area contributed by atoms with E-state index in [0.717, 1.165) is 27.9 Å². The molecule has 0 aliphatic carbocycles. The van der Waals surface area contributed by atoms with E-state index in [1.807, 2.05) is 41.1 Å². The number of fused-ring (bicyclic) bond motifs is 1. The lowest BCUT2D eigenvalue weighted by molar-refractivity contribution is 0.409. The third-order valence-corrected chi connectivity index (χ3v) is 4.51. The molecule has 0 fully saturated rings. The quantitative estimate of drug-likeness (QED) is 0.802. The van der Waals surface area contributed by atoms with Crippen LogP contribution < -0.4 is 10.2 Å². The van der Waals surface area contributed by atoms with Gasteiger partial charge in [0.05, 0.1) is 7.11 Å². The second kappa shape index (κ2) is 5.34. The van der Waals surface area contributed by atoms with Crippen molar-refractivity contribution in [2.24, 2.45) is 0 Å². The molecule has 110 valence electrons. The standard InChI is InChI=1S/C15H13N5OS/c1-21-12-7-3-2-6-11(12)14-19-20-13(17-18-15(20)22-14)10-5-4-8-16-9-10/h2-9,14,19H,1H3/t14-/m1/s1. The summed E-state index contributed by atoms with van der Waals surface area (Å²) in [4.78, 5) is 4.14. The normalized spacial score (nSPS) is 16.1. The van der Waals surface area contributed by atoms with E-state index in [2.05, 4.69) is 20.6 Å². The molecule has 1 atom stereocenters. The number of aromatic nitrogens is 4. The first-order valence-corrected chi connectivity index (χ1v) is 7.67. The van der Waals surface area contributed by atoms with E-state index >= 15 is 0 Å². The van der Waals surface area contributed by atoms with Gasteiger partial charge in [-0.1, -0.05) is 30.0 Å². The Morgan fingerprint density at radius 1 is 1.18 bits per heavy atom. The predicted molar refractivity (Wildman–Crippen MR) is 84.2 cm³/mol. The third-order valence-electron chi connectivity index (χ3n) is 3.44. The molecular formula is C15H13N5OS. The predicted octanol–water partition coefficient (Wildman–Crippen LogP) is 2.70. The zero-order valence-corrected chi connectivity index (χ0v) is 12.6. The van der Waals surface area contributed by atoms with Gasteiger partial charge >= 0.3 is 0 Å². The maximum Gasteiger partial charge on any atom is 0.212 e. The minimum Gasteiger partial charge on any atom is -0.496 e. The summed E-state index contributed by atoms with van der Waals surface area (Å²) in [5.74, 6) is 1.61. The lowest BCUT2D eigenvalue weighted by Crippen LogP contribution is -2.14. The molecule has 0 bridgehead atoms. The molecule has 0 saturated heterocycles. The summed E-state index contributed by atoms with van der Waals surface area (Å²) < 4.78 is 7.34. The van der Waals surface area contributed by atoms with Crippen molar-refractivity contribution in [3.8, 4) is 17.1 Å². The van der Waals surface area contributed by atoms with Gasteiger partial charge in [0, 0.05) is 23.5 Å². The van der Waals surface area contributed by atoms with Crippen LogP contribution in [0.15, 0.2) is 53.9 Å². The molecule has 0 radical (unpaired) electrons. The smallest absolute Gasteiger partial charge is 0.212 e. The van der Waals surface area contributed by atoms with Crippen LogP contribution in [0.25, 0.3) is 11.4 Å². The SMILES string of the molecule is COc1ccccc1[C@@H]1Nn2c(nnc2-c2cccnc2)S1. The maximum atomic E-state index is 5.44. The number of methoxy groups -OCH3 is 1. The highest BCUT2D eigenvalue weighted by atomic mass is 32.2. The molecule has 1 N–H and O–H groups in total. The van der Waals surface area contributed by atoms with Crippen LogP contribution in [0.3, 0.4) is 0 Å². The van der Waals surface area contributed by atoms with Gasteiger partial charge in [-0.05, 0) is 18.2 Å². The molecule has 1 aliphatic heterocycles. The molecule has 0 spiro atoms. The summed E-state index contributed by atoms with van der Waals surface area (Å²) in [6, 6.07) is 11.8. The van der Waals surface area contributed by atoms with Gasteiger partial charge in [-0.2, -0.15) is 0 Å². The number of pyridine rings is 1. The van der Waals surface area contributed by atoms with Gasteiger partial charge in [-0.25, -0.2) is 4.68 Å². The number of hydrogen-bond acceptors (Lipinski definition) is 6. The Morgan fingerprint density at radius 3 is 2.91 bits per heavy atom. The fourth-order valence-electron chi connectivity index (χ4n) is 2.41. The largest absolute Gasteiger partial charge is 0.496 e. The highest BCUT2D eigenvalue weighted by Gasteiger charge is 2.29. The molecule has 4 rings (SSSR count). The van der Waals surface area contributed by atoms with Crippen LogP contribution in [0, 0.1) is 0 Å². The monoisotopic (exact) mass is 311 g/mol. The second-order valence-electron chi connectivity index (χ2n) is 4.75. The van der Waals surface area contributed by atoms with Crippen LogP contribution >= 0.6 is 11.8 Å². The fourth-order valence-corrected chi connectivity index (χ4v) is 3.43. The van der Waals surface area contributed by atoms with Crippen molar-refractivity contribution in [3.05, 3.63) is 54.4 Å². The van der Waals surface area contributed by atoms with Crippen molar-refractivity contribution in [3.63, 3.8) is 0 Å². The number of para-hydroxylation sites is 1. The Balaban J connectivity index is 1.68. The van der Waals surface area contributed by atoms with Gasteiger partial charge in [-0.15, -0.1) is 10.2 Å². The number of ether oxygens (including phenoxy) is 1. The minimum absolute atomic E-state index is 0.0390. The van der Waals surface area contributed by atoms with E-state index in [1.54, 1.807) is 31.3 Å². The molecule has 2 aromatic heterocycles. The van der Waals surface area contributed by atoms with Gasteiger partial charge in [0.1, 0.15) is 11.1 Å². The number of nitrogens with one attached hydrogen (secondary N) is 1. The molecule has 0 amide bonds. The fraction of sp³-hybridized carbons (Fsp3) is 0.133. The maximum absolute atomic E-state index is 5.44. The molecular weight excluding hydrogens is 298 g/mol. The molecule has 1 aromatic carbocycles. The molecule has 0 saturated carbocycles. The number of thioether (sulfide) groups is 1. The van der Waals surface area contributed by atoms with Crippen LogP contribution in [0.4, 0.5) is 0 Å². The number of hydrogen-bond donors (Lipinski definition) is 1. The first kappa shape index (κ1) is 13.1. The van der Waals surface area contributed by atoms with E-state index in [-0.39, 0.29) is 5.37 Å². The summed E-state index contributed by atoms with van der Waals surface area (Å²) in [5.41, 5.74) is 5.43. The van der Waals surface area contributed by atoms with Crippen LogP contribution in [0.5, 0.6) is 5.75 Å². The highest BCUT2D eigenvalue weighted by molar-refractivity contribution is 7.99. The zero-order valence-electron chi connectivity index (χ0n) is 11.8. The van der Waals surface area contributed by atoms with Crippen LogP contribution in [0.2, 0.25) is 0 Å². The number of nitrogens with zero attached hydrogens (tertiary/aromatic N) is 4. The Morgan fingerprint density at radius 2 is 2.09 bits per heavy atom. The van der Waals surface area contributed by atoms with Crippen LogP contribution in [0.1, 0.15) is 10.9 Å². The van der Waals surface area contributed by atoms with Crippen molar-refractivity contribution >= 4 is 11.8 Å². The van der Waals surface area contributed by atoms with E-state index in [9.17, 15) is 0 Å². The van der Waals surface area contributed by atoms with Crippen LogP contribution in [-0.2, 0) is 0 Å². The van der Waals surface area contributed by atoms with Crippen molar-refractivity contribution < 1.29 is 4.74 Å². The first-order chi connectivity index (χ1) is 10.9. The van der Waals surface area contributed by atoms with Gasteiger partial charge in [-0.3, -0.25) is 4.98 Å². The molecule has 7 heteroatoms. The highest BCUT2D eigenvalue weighted by Crippen LogP contribution is 2.42. The van der Waals surface area contributed by atoms with Crippen molar-refractivity contribution in [2.45, 2.75) is 10.5 Å². The van der Waals surface area contributed by atoms with E-state index in [1.165, 1.54) is 0 Å². The summed E-state index contributed by atoms with van der Waals surface area (Å²) in [6.07, 6.45) is 3.52. The van der Waals surface area contributed by atoms with Gasteiger partial charge in [0.15, 0.2) is 5.82 Å². The molecule has 3 heterocycles. The molecule has 3 aromatic rings. The summed E-state index contributed by atoms with van der Waals surface area (Å²) >= 11 is 1.61.